The molecular formula is C16H24N2O. The predicted molar refractivity (Wildman–Crippen MR) is 80.8 cm³/mol. The highest BCUT2D eigenvalue weighted by atomic mass is 16.1. The fourth-order valence-corrected chi connectivity index (χ4v) is 2.28. The second kappa shape index (κ2) is 7.74. The number of rotatable bonds is 5. The van der Waals surface area contributed by atoms with Gasteiger partial charge in [-0.3, -0.25) is 4.79 Å². The van der Waals surface area contributed by atoms with Gasteiger partial charge < -0.3 is 10.6 Å². The molecule has 0 aromatic heterocycles. The van der Waals surface area contributed by atoms with Crippen LogP contribution in [0, 0.1) is 5.41 Å². The Morgan fingerprint density at radius 3 is 2.53 bits per heavy atom. The van der Waals surface area contributed by atoms with Crippen LogP contribution in [0.15, 0.2) is 48.6 Å². The lowest BCUT2D eigenvalue weighted by molar-refractivity contribution is -0.116. The normalized spacial score (nSPS) is 19.8. The third-order valence-corrected chi connectivity index (χ3v) is 3.42. The van der Waals surface area contributed by atoms with Crippen LogP contribution in [0.2, 0.25) is 0 Å². The summed E-state index contributed by atoms with van der Waals surface area (Å²) < 4.78 is 0. The molecule has 0 spiro atoms. The molecular weight excluding hydrogens is 236 g/mol. The molecule has 0 aromatic rings. The van der Waals surface area contributed by atoms with E-state index in [0.717, 1.165) is 25.9 Å². The monoisotopic (exact) mass is 260 g/mol. The van der Waals surface area contributed by atoms with E-state index >= 15 is 0 Å². The van der Waals surface area contributed by atoms with Crippen molar-refractivity contribution in [2.75, 3.05) is 20.1 Å². The summed E-state index contributed by atoms with van der Waals surface area (Å²) in [5.74, 6) is -0.0765. The number of piperidine rings is 1. The lowest BCUT2D eigenvalue weighted by Crippen LogP contribution is -2.35. The van der Waals surface area contributed by atoms with Gasteiger partial charge in [-0.1, -0.05) is 43.0 Å². The van der Waals surface area contributed by atoms with Crippen molar-refractivity contribution in [2.45, 2.75) is 19.8 Å². The average Bonchev–Trinajstić information content (AvgIpc) is 2.45. The predicted octanol–water partition coefficient (Wildman–Crippen LogP) is 2.35. The Balaban J connectivity index is 3.04. The quantitative estimate of drug-likeness (QED) is 0.588. The Hall–Kier alpha value is -1.61. The van der Waals surface area contributed by atoms with E-state index in [1.807, 2.05) is 19.1 Å². The molecule has 104 valence electrons. The second-order valence-corrected chi connectivity index (χ2v) is 4.75. The Labute approximate surface area is 116 Å². The molecule has 0 aromatic carbocycles. The van der Waals surface area contributed by atoms with Crippen molar-refractivity contribution in [3.63, 3.8) is 0 Å². The second-order valence-electron chi connectivity index (χ2n) is 4.75. The molecule has 1 rings (SSSR count). The highest BCUT2D eigenvalue weighted by Gasteiger charge is 2.27. The largest absolute Gasteiger partial charge is 0.355 e. The van der Waals surface area contributed by atoms with Crippen molar-refractivity contribution in [1.29, 1.82) is 0 Å². The summed E-state index contributed by atoms with van der Waals surface area (Å²) in [7, 11) is 1.64. The summed E-state index contributed by atoms with van der Waals surface area (Å²) >= 11 is 0. The maximum atomic E-state index is 11.8. The number of hydrogen-bond acceptors (Lipinski definition) is 2. The van der Waals surface area contributed by atoms with E-state index in [1.165, 1.54) is 0 Å². The average molecular weight is 260 g/mol. The van der Waals surface area contributed by atoms with Crippen LogP contribution in [0.4, 0.5) is 0 Å². The lowest BCUT2D eigenvalue weighted by atomic mass is 9.77. The van der Waals surface area contributed by atoms with Gasteiger partial charge in [-0.25, -0.2) is 0 Å². The summed E-state index contributed by atoms with van der Waals surface area (Å²) in [6.45, 7) is 7.67. The Morgan fingerprint density at radius 2 is 2.00 bits per heavy atom. The minimum atomic E-state index is -0.0765. The van der Waals surface area contributed by atoms with E-state index in [0.29, 0.717) is 5.57 Å². The minimum absolute atomic E-state index is 0.0548. The molecule has 0 bridgehead atoms. The van der Waals surface area contributed by atoms with E-state index in [2.05, 4.69) is 35.4 Å². The van der Waals surface area contributed by atoms with Crippen LogP contribution in [0.1, 0.15) is 19.8 Å². The van der Waals surface area contributed by atoms with Crippen LogP contribution in [-0.2, 0) is 4.79 Å². The Morgan fingerprint density at radius 1 is 1.32 bits per heavy atom. The van der Waals surface area contributed by atoms with Crippen LogP contribution in [0.3, 0.4) is 0 Å². The zero-order chi connectivity index (χ0) is 14.1. The van der Waals surface area contributed by atoms with Gasteiger partial charge in [-0.15, -0.1) is 0 Å². The first kappa shape index (κ1) is 15.4. The number of hydrogen-bond donors (Lipinski definition) is 2. The fraction of sp³-hybridized carbons (Fsp3) is 0.438. The number of likely N-dealkylation sites (N-methyl/N-ethyl adjacent to an activating group) is 1. The number of carbonyl (C=O) groups is 1. The molecule has 0 radical (unpaired) electrons. The van der Waals surface area contributed by atoms with Crippen LogP contribution >= 0.6 is 0 Å². The van der Waals surface area contributed by atoms with Gasteiger partial charge in [0.25, 0.3) is 5.91 Å². The molecule has 0 aliphatic carbocycles. The van der Waals surface area contributed by atoms with Crippen molar-refractivity contribution < 1.29 is 4.79 Å². The molecule has 1 heterocycles. The van der Waals surface area contributed by atoms with Crippen molar-refractivity contribution >= 4 is 5.91 Å². The molecule has 1 aliphatic rings. The highest BCUT2D eigenvalue weighted by molar-refractivity contribution is 5.95. The smallest absolute Gasteiger partial charge is 0.250 e. The van der Waals surface area contributed by atoms with E-state index in [1.54, 1.807) is 13.1 Å². The highest BCUT2D eigenvalue weighted by Crippen LogP contribution is 2.33. The number of amides is 1. The van der Waals surface area contributed by atoms with E-state index in [4.69, 9.17) is 0 Å². The van der Waals surface area contributed by atoms with Crippen LogP contribution < -0.4 is 10.6 Å². The van der Waals surface area contributed by atoms with Gasteiger partial charge in [-0.2, -0.15) is 0 Å². The van der Waals surface area contributed by atoms with Gasteiger partial charge in [0.1, 0.15) is 0 Å². The van der Waals surface area contributed by atoms with E-state index in [9.17, 15) is 4.79 Å². The first-order chi connectivity index (χ1) is 9.17. The van der Waals surface area contributed by atoms with Gasteiger partial charge in [-0.05, 0) is 32.9 Å². The number of allylic oxidation sites excluding steroid dienone is 5. The summed E-state index contributed by atoms with van der Waals surface area (Å²) in [4.78, 5) is 11.8. The molecule has 1 fully saturated rings. The van der Waals surface area contributed by atoms with Crippen molar-refractivity contribution in [1.82, 2.24) is 10.6 Å². The lowest BCUT2D eigenvalue weighted by Gasteiger charge is -2.32. The molecule has 3 nitrogen and oxygen atoms in total. The van der Waals surface area contributed by atoms with Crippen molar-refractivity contribution in [2.24, 2.45) is 5.41 Å². The SMILES string of the molecule is C=C/C(=C\C1(/C=C/C=C\C)CCNCC1)C(=O)NC. The third-order valence-electron chi connectivity index (χ3n) is 3.42. The van der Waals surface area contributed by atoms with Gasteiger partial charge in [0.15, 0.2) is 0 Å². The van der Waals surface area contributed by atoms with Gasteiger partial charge in [0.05, 0.1) is 0 Å². The molecule has 1 amide bonds. The van der Waals surface area contributed by atoms with Crippen LogP contribution in [-0.4, -0.2) is 26.0 Å². The molecule has 1 saturated heterocycles. The first-order valence-corrected chi connectivity index (χ1v) is 6.76. The fourth-order valence-electron chi connectivity index (χ4n) is 2.28. The van der Waals surface area contributed by atoms with Crippen molar-refractivity contribution in [3.8, 4) is 0 Å². The number of nitrogens with one attached hydrogen (secondary N) is 2. The standard InChI is InChI=1S/C16H24N2O/c1-4-6-7-8-16(9-11-18-12-10-16)13-14(5-2)15(19)17-3/h4-8,13,18H,2,9-12H2,1,3H3,(H,17,19)/b6-4-,8-7+,14-13+. The van der Waals surface area contributed by atoms with Crippen LogP contribution in [0.25, 0.3) is 0 Å². The summed E-state index contributed by atoms with van der Waals surface area (Å²) in [6, 6.07) is 0. The van der Waals surface area contributed by atoms with Crippen molar-refractivity contribution in [3.05, 3.63) is 48.6 Å². The Bertz CT molecular complexity index is 399. The van der Waals surface area contributed by atoms with E-state index < -0.39 is 0 Å². The maximum Gasteiger partial charge on any atom is 0.250 e. The first-order valence-electron chi connectivity index (χ1n) is 6.76. The topological polar surface area (TPSA) is 41.1 Å². The number of carbonyl (C=O) groups excluding carboxylic acids is 1. The maximum absolute atomic E-state index is 11.8. The molecule has 1 aliphatic heterocycles. The Kier molecular flexibility index (Phi) is 6.30. The zero-order valence-electron chi connectivity index (χ0n) is 11.9. The summed E-state index contributed by atoms with van der Waals surface area (Å²) in [6.07, 6.45) is 14.0. The zero-order valence-corrected chi connectivity index (χ0v) is 11.9. The van der Waals surface area contributed by atoms with Crippen LogP contribution in [0.5, 0.6) is 0 Å². The molecule has 19 heavy (non-hydrogen) atoms. The van der Waals surface area contributed by atoms with Gasteiger partial charge in [0.2, 0.25) is 0 Å². The molecule has 3 heteroatoms. The molecule has 2 N–H and O–H groups in total. The van der Waals surface area contributed by atoms with E-state index in [-0.39, 0.29) is 11.3 Å². The molecule has 0 atom stereocenters. The third kappa shape index (κ3) is 4.52. The minimum Gasteiger partial charge on any atom is -0.355 e. The molecule has 0 unspecified atom stereocenters. The summed E-state index contributed by atoms with van der Waals surface area (Å²) in [5, 5.41) is 6.01. The summed E-state index contributed by atoms with van der Waals surface area (Å²) in [5.41, 5.74) is 0.593. The van der Waals surface area contributed by atoms with Gasteiger partial charge in [0, 0.05) is 18.0 Å². The molecule has 0 saturated carbocycles. The van der Waals surface area contributed by atoms with Gasteiger partial charge >= 0.3 is 0 Å².